The van der Waals surface area contributed by atoms with E-state index in [0.29, 0.717) is 37.6 Å². The van der Waals surface area contributed by atoms with Crippen LogP contribution >= 0.6 is 0 Å². The van der Waals surface area contributed by atoms with Gasteiger partial charge in [-0.1, -0.05) is 24.3 Å². The van der Waals surface area contributed by atoms with Crippen molar-refractivity contribution in [2.24, 2.45) is 7.05 Å². The summed E-state index contributed by atoms with van der Waals surface area (Å²) < 4.78 is 30.1. The Morgan fingerprint density at radius 2 is 1.83 bits per heavy atom. The lowest BCUT2D eigenvalue weighted by Gasteiger charge is -2.14. The summed E-state index contributed by atoms with van der Waals surface area (Å²) >= 11 is 0. The second-order valence-electron chi connectivity index (χ2n) is 7.45. The molecule has 0 unspecified atom stereocenters. The van der Waals surface area contributed by atoms with Crippen LogP contribution in [0.3, 0.4) is 0 Å². The lowest BCUT2D eigenvalue weighted by molar-refractivity contribution is 0.475. The first-order valence-electron chi connectivity index (χ1n) is 9.94. The van der Waals surface area contributed by atoms with Gasteiger partial charge < -0.3 is 0 Å². The summed E-state index contributed by atoms with van der Waals surface area (Å²) in [6.07, 6.45) is 4.77. The lowest BCUT2D eigenvalue weighted by atomic mass is 10.1. The van der Waals surface area contributed by atoms with E-state index >= 15 is 0 Å². The molecule has 29 heavy (non-hydrogen) atoms. The van der Waals surface area contributed by atoms with Crippen LogP contribution in [0, 0.1) is 6.92 Å². The Morgan fingerprint density at radius 3 is 2.52 bits per heavy atom. The number of hydrogen-bond donors (Lipinski definition) is 0. The Balaban J connectivity index is 1.58. The number of aromatic nitrogens is 5. The second kappa shape index (κ2) is 8.08. The van der Waals surface area contributed by atoms with Crippen LogP contribution in [-0.2, 0) is 23.5 Å². The highest BCUT2D eigenvalue weighted by Gasteiger charge is 2.25. The van der Waals surface area contributed by atoms with Crippen LogP contribution in [-0.4, -0.2) is 56.1 Å². The first-order chi connectivity index (χ1) is 13.9. The molecule has 8 nitrogen and oxygen atoms in total. The zero-order valence-corrected chi connectivity index (χ0v) is 17.6. The summed E-state index contributed by atoms with van der Waals surface area (Å²) in [6, 6.07) is 9.85. The molecule has 0 bridgehead atoms. The summed E-state index contributed by atoms with van der Waals surface area (Å²) in [5, 5.41) is 9.13. The van der Waals surface area contributed by atoms with Crippen LogP contribution in [0.1, 0.15) is 30.7 Å². The highest BCUT2D eigenvalue weighted by atomic mass is 32.2. The molecule has 1 saturated heterocycles. The third kappa shape index (κ3) is 4.25. The molecule has 0 aliphatic carbocycles. The average Bonchev–Trinajstić information content (AvgIpc) is 3.42. The van der Waals surface area contributed by atoms with Crippen LogP contribution in [0.4, 0.5) is 0 Å². The van der Waals surface area contributed by atoms with Crippen molar-refractivity contribution in [1.29, 1.82) is 0 Å². The molecule has 0 saturated carbocycles. The summed E-state index contributed by atoms with van der Waals surface area (Å²) in [4.78, 5) is 4.74. The number of aryl methyl sites for hydroxylation is 3. The Bertz CT molecular complexity index is 1100. The van der Waals surface area contributed by atoms with Crippen molar-refractivity contribution >= 4 is 10.0 Å². The molecule has 1 aliphatic rings. The standard InChI is InChI=1S/C20H26N6O2S/c1-16-8-3-4-9-17(16)20-21-18(26(23-20)19-11-14-24(2)22-19)10-7-15-29(27,28)25-12-5-6-13-25/h3-4,8-9,11,14H,5-7,10,12-13,15H2,1-2H3. The van der Waals surface area contributed by atoms with Gasteiger partial charge in [0.15, 0.2) is 11.6 Å². The molecule has 0 spiro atoms. The maximum absolute atomic E-state index is 12.5. The molecule has 3 heterocycles. The molecule has 0 radical (unpaired) electrons. The molecule has 2 aromatic heterocycles. The maximum atomic E-state index is 12.5. The van der Waals surface area contributed by atoms with Gasteiger partial charge in [0.25, 0.3) is 0 Å². The fourth-order valence-corrected chi connectivity index (χ4v) is 5.23. The van der Waals surface area contributed by atoms with Crippen molar-refractivity contribution < 1.29 is 8.42 Å². The van der Waals surface area contributed by atoms with Crippen LogP contribution in [0.5, 0.6) is 0 Å². The Labute approximate surface area is 171 Å². The summed E-state index contributed by atoms with van der Waals surface area (Å²) in [7, 11) is -1.35. The number of benzene rings is 1. The molecule has 9 heteroatoms. The van der Waals surface area contributed by atoms with E-state index in [-0.39, 0.29) is 5.75 Å². The number of nitrogens with zero attached hydrogens (tertiary/aromatic N) is 6. The predicted octanol–water partition coefficient (Wildman–Crippen LogP) is 2.33. The summed E-state index contributed by atoms with van der Waals surface area (Å²) in [6.45, 7) is 3.31. The summed E-state index contributed by atoms with van der Waals surface area (Å²) in [5.74, 6) is 2.16. The SMILES string of the molecule is Cc1ccccc1-c1nc(CCCS(=O)(=O)N2CCCC2)n(-c2ccn(C)n2)n1. The Morgan fingerprint density at radius 1 is 1.07 bits per heavy atom. The van der Waals surface area contributed by atoms with E-state index in [2.05, 4.69) is 10.2 Å². The monoisotopic (exact) mass is 414 g/mol. The zero-order valence-electron chi connectivity index (χ0n) is 16.8. The van der Waals surface area contributed by atoms with Gasteiger partial charge in [0, 0.05) is 44.4 Å². The van der Waals surface area contributed by atoms with E-state index in [4.69, 9.17) is 4.98 Å². The highest BCUT2D eigenvalue weighted by molar-refractivity contribution is 7.89. The van der Waals surface area contributed by atoms with E-state index < -0.39 is 10.0 Å². The van der Waals surface area contributed by atoms with Crippen molar-refractivity contribution in [1.82, 2.24) is 28.9 Å². The van der Waals surface area contributed by atoms with E-state index in [1.165, 1.54) is 0 Å². The predicted molar refractivity (Wildman–Crippen MR) is 111 cm³/mol. The number of hydrogen-bond acceptors (Lipinski definition) is 5. The largest absolute Gasteiger partial charge is 0.274 e. The number of sulfonamides is 1. The minimum atomic E-state index is -3.20. The van der Waals surface area contributed by atoms with Gasteiger partial charge in [-0.15, -0.1) is 5.10 Å². The van der Waals surface area contributed by atoms with Crippen LogP contribution in [0.2, 0.25) is 0 Å². The van der Waals surface area contributed by atoms with Crippen LogP contribution < -0.4 is 0 Å². The van der Waals surface area contributed by atoms with Gasteiger partial charge in [-0.25, -0.2) is 17.7 Å². The average molecular weight is 415 g/mol. The molecule has 3 aromatic rings. The second-order valence-corrected chi connectivity index (χ2v) is 9.54. The minimum Gasteiger partial charge on any atom is -0.274 e. The van der Waals surface area contributed by atoms with Crippen molar-refractivity contribution in [2.45, 2.75) is 32.6 Å². The third-order valence-electron chi connectivity index (χ3n) is 5.24. The van der Waals surface area contributed by atoms with Gasteiger partial charge in [-0.3, -0.25) is 4.68 Å². The van der Waals surface area contributed by atoms with Gasteiger partial charge in [0.05, 0.1) is 5.75 Å². The molecule has 1 fully saturated rings. The molecular formula is C20H26N6O2S. The molecule has 0 N–H and O–H groups in total. The van der Waals surface area contributed by atoms with E-state index in [1.54, 1.807) is 13.7 Å². The molecule has 1 aliphatic heterocycles. The zero-order chi connectivity index (χ0) is 20.4. The fraction of sp³-hybridized carbons (Fsp3) is 0.450. The Hall–Kier alpha value is -2.52. The smallest absolute Gasteiger partial charge is 0.214 e. The number of rotatable bonds is 7. The van der Waals surface area contributed by atoms with Crippen LogP contribution in [0.25, 0.3) is 17.2 Å². The normalized spacial score (nSPS) is 15.2. The van der Waals surface area contributed by atoms with E-state index in [9.17, 15) is 8.42 Å². The quantitative estimate of drug-likeness (QED) is 0.592. The molecule has 0 amide bonds. The van der Waals surface area contributed by atoms with Crippen molar-refractivity contribution in [3.63, 3.8) is 0 Å². The van der Waals surface area contributed by atoms with Gasteiger partial charge in [-0.2, -0.15) is 9.78 Å². The Kier molecular flexibility index (Phi) is 5.51. The third-order valence-corrected chi connectivity index (χ3v) is 7.19. The van der Waals surface area contributed by atoms with Gasteiger partial charge in [0.1, 0.15) is 5.82 Å². The molecule has 0 atom stereocenters. The topological polar surface area (TPSA) is 85.9 Å². The van der Waals surface area contributed by atoms with E-state index in [1.807, 2.05) is 50.5 Å². The molecule has 1 aromatic carbocycles. The van der Waals surface area contributed by atoms with Crippen molar-refractivity contribution in [3.8, 4) is 17.2 Å². The first-order valence-corrected chi connectivity index (χ1v) is 11.5. The van der Waals surface area contributed by atoms with Crippen molar-refractivity contribution in [2.75, 3.05) is 18.8 Å². The van der Waals surface area contributed by atoms with Gasteiger partial charge in [-0.05, 0) is 31.7 Å². The maximum Gasteiger partial charge on any atom is 0.214 e. The van der Waals surface area contributed by atoms with Gasteiger partial charge in [0.2, 0.25) is 10.0 Å². The first kappa shape index (κ1) is 19.8. The fourth-order valence-electron chi connectivity index (χ4n) is 3.65. The minimum absolute atomic E-state index is 0.127. The van der Waals surface area contributed by atoms with Gasteiger partial charge >= 0.3 is 0 Å². The van der Waals surface area contributed by atoms with Crippen molar-refractivity contribution in [3.05, 3.63) is 47.9 Å². The molecular weight excluding hydrogens is 388 g/mol. The summed E-state index contributed by atoms with van der Waals surface area (Å²) in [5.41, 5.74) is 2.06. The van der Waals surface area contributed by atoms with Crippen LogP contribution in [0.15, 0.2) is 36.5 Å². The highest BCUT2D eigenvalue weighted by Crippen LogP contribution is 2.22. The molecule has 4 rings (SSSR count). The lowest BCUT2D eigenvalue weighted by Crippen LogP contribution is -2.30. The van der Waals surface area contributed by atoms with E-state index in [0.717, 1.165) is 29.8 Å². The molecule has 154 valence electrons.